The summed E-state index contributed by atoms with van der Waals surface area (Å²) in [7, 11) is 0. The third-order valence-corrected chi connectivity index (χ3v) is 5.34. The van der Waals surface area contributed by atoms with E-state index in [9.17, 15) is 4.79 Å². The van der Waals surface area contributed by atoms with Crippen LogP contribution in [0.15, 0.2) is 0 Å². The summed E-state index contributed by atoms with van der Waals surface area (Å²) < 4.78 is 0. The molecule has 1 amide bonds. The molecule has 1 aliphatic heterocycles. The molecule has 22 heavy (non-hydrogen) atoms. The Balaban J connectivity index is 1.81. The average molecular weight is 318 g/mol. The number of rotatable bonds is 3. The Morgan fingerprint density at radius 2 is 2.14 bits per heavy atom. The summed E-state index contributed by atoms with van der Waals surface area (Å²) in [4.78, 5) is 20.4. The van der Waals surface area contributed by atoms with Crippen LogP contribution in [0, 0.1) is 27.7 Å². The molecule has 118 valence electrons. The highest BCUT2D eigenvalue weighted by atomic mass is 32.1. The van der Waals surface area contributed by atoms with Crippen molar-refractivity contribution in [3.8, 4) is 0 Å². The molecule has 0 aromatic carbocycles. The zero-order valence-corrected chi connectivity index (χ0v) is 14.4. The quantitative estimate of drug-likeness (QED) is 0.946. The van der Waals surface area contributed by atoms with Crippen molar-refractivity contribution in [2.24, 2.45) is 0 Å². The summed E-state index contributed by atoms with van der Waals surface area (Å²) in [6.45, 7) is 8.90. The molecule has 0 saturated carbocycles. The van der Waals surface area contributed by atoms with Gasteiger partial charge in [0.2, 0.25) is 5.91 Å². The molecule has 1 atom stereocenters. The van der Waals surface area contributed by atoms with Gasteiger partial charge in [-0.1, -0.05) is 0 Å². The van der Waals surface area contributed by atoms with Crippen molar-refractivity contribution in [3.63, 3.8) is 0 Å². The smallest absolute Gasteiger partial charge is 0.229 e. The fraction of sp³-hybridized carbons (Fsp3) is 0.562. The van der Waals surface area contributed by atoms with Gasteiger partial charge in [0.05, 0.1) is 28.9 Å². The first-order valence-corrected chi connectivity index (χ1v) is 8.53. The number of aromatic amines is 1. The first kappa shape index (κ1) is 15.2. The van der Waals surface area contributed by atoms with Crippen molar-refractivity contribution >= 4 is 17.2 Å². The van der Waals surface area contributed by atoms with Gasteiger partial charge >= 0.3 is 0 Å². The number of aryl methyl sites for hydroxylation is 4. The van der Waals surface area contributed by atoms with Crippen LogP contribution in [0.1, 0.15) is 51.4 Å². The summed E-state index contributed by atoms with van der Waals surface area (Å²) >= 11 is 1.66. The summed E-state index contributed by atoms with van der Waals surface area (Å²) in [6, 6.07) is 0.159. The van der Waals surface area contributed by atoms with Gasteiger partial charge in [-0.3, -0.25) is 9.89 Å². The van der Waals surface area contributed by atoms with Gasteiger partial charge < -0.3 is 4.90 Å². The number of likely N-dealkylation sites (tertiary alicyclic amines) is 1. The van der Waals surface area contributed by atoms with Gasteiger partial charge in [-0.05, 0) is 40.5 Å². The minimum atomic E-state index is 0.159. The number of hydrogen-bond donors (Lipinski definition) is 1. The topological polar surface area (TPSA) is 61.9 Å². The third kappa shape index (κ3) is 2.67. The lowest BCUT2D eigenvalue weighted by Crippen LogP contribution is -2.32. The SMILES string of the molecule is Cc1nc(CC(=O)N2CCCC2c2c(C)n[nH]c2C)c(C)s1. The maximum atomic E-state index is 12.8. The number of thiazole rings is 1. The third-order valence-electron chi connectivity index (χ3n) is 4.41. The molecular formula is C16H22N4OS. The number of H-pyrrole nitrogens is 1. The van der Waals surface area contributed by atoms with E-state index < -0.39 is 0 Å². The fourth-order valence-electron chi connectivity index (χ4n) is 3.40. The van der Waals surface area contributed by atoms with Crippen molar-refractivity contribution in [2.45, 2.75) is 53.0 Å². The van der Waals surface area contributed by atoms with Crippen LogP contribution in [0.3, 0.4) is 0 Å². The van der Waals surface area contributed by atoms with E-state index in [1.54, 1.807) is 11.3 Å². The molecule has 6 heteroatoms. The summed E-state index contributed by atoms with van der Waals surface area (Å²) in [5.41, 5.74) is 4.20. The van der Waals surface area contributed by atoms with Gasteiger partial charge in [0.15, 0.2) is 0 Å². The van der Waals surface area contributed by atoms with Crippen molar-refractivity contribution in [1.29, 1.82) is 0 Å². The maximum Gasteiger partial charge on any atom is 0.229 e. The van der Waals surface area contributed by atoms with Gasteiger partial charge in [0, 0.05) is 22.7 Å². The molecule has 0 radical (unpaired) electrons. The van der Waals surface area contributed by atoms with Crippen LogP contribution < -0.4 is 0 Å². The minimum Gasteiger partial charge on any atom is -0.335 e. The first-order chi connectivity index (χ1) is 10.5. The minimum absolute atomic E-state index is 0.159. The Bertz CT molecular complexity index is 684. The number of carbonyl (C=O) groups is 1. The molecule has 1 saturated heterocycles. The Morgan fingerprint density at radius 1 is 1.36 bits per heavy atom. The van der Waals surface area contributed by atoms with Gasteiger partial charge in [-0.15, -0.1) is 11.3 Å². The molecule has 5 nitrogen and oxygen atoms in total. The highest BCUT2D eigenvalue weighted by Crippen LogP contribution is 2.35. The lowest BCUT2D eigenvalue weighted by atomic mass is 10.0. The van der Waals surface area contributed by atoms with Crippen molar-refractivity contribution in [2.75, 3.05) is 6.54 Å². The highest BCUT2D eigenvalue weighted by molar-refractivity contribution is 7.11. The lowest BCUT2D eigenvalue weighted by Gasteiger charge is -2.25. The van der Waals surface area contributed by atoms with Crippen LogP contribution in [-0.2, 0) is 11.2 Å². The van der Waals surface area contributed by atoms with E-state index in [0.29, 0.717) is 6.42 Å². The molecule has 0 aliphatic carbocycles. The number of nitrogens with zero attached hydrogens (tertiary/aromatic N) is 3. The fourth-order valence-corrected chi connectivity index (χ4v) is 4.23. The summed E-state index contributed by atoms with van der Waals surface area (Å²) in [6.07, 6.45) is 2.47. The van der Waals surface area contributed by atoms with Gasteiger partial charge in [0.25, 0.3) is 0 Å². The second-order valence-corrected chi connectivity index (χ2v) is 7.41. The van der Waals surface area contributed by atoms with Crippen LogP contribution in [0.5, 0.6) is 0 Å². The number of nitrogens with one attached hydrogen (secondary N) is 1. The largest absolute Gasteiger partial charge is 0.335 e. The van der Waals surface area contributed by atoms with Crippen LogP contribution in [0.2, 0.25) is 0 Å². The molecule has 1 unspecified atom stereocenters. The molecule has 3 heterocycles. The van der Waals surface area contributed by atoms with Crippen LogP contribution in [0.25, 0.3) is 0 Å². The number of aromatic nitrogens is 3. The predicted octanol–water partition coefficient (Wildman–Crippen LogP) is 3.01. The van der Waals surface area contributed by atoms with Gasteiger partial charge in [-0.25, -0.2) is 4.98 Å². The average Bonchev–Trinajstić information content (AvgIpc) is 3.11. The molecule has 2 aromatic heterocycles. The standard InChI is InChI=1S/C16H22N4OS/c1-9-16(10(2)19-18-9)14-6-5-7-20(14)15(21)8-13-11(3)22-12(4)17-13/h14H,5-8H2,1-4H3,(H,18,19). The van der Waals surface area contributed by atoms with Crippen LogP contribution >= 0.6 is 11.3 Å². The van der Waals surface area contributed by atoms with E-state index in [1.165, 1.54) is 5.56 Å². The summed E-state index contributed by atoms with van der Waals surface area (Å²) in [5.74, 6) is 0.177. The van der Waals surface area contributed by atoms with Crippen LogP contribution in [0.4, 0.5) is 0 Å². The number of carbonyl (C=O) groups excluding carboxylic acids is 1. The van der Waals surface area contributed by atoms with E-state index in [-0.39, 0.29) is 11.9 Å². The van der Waals surface area contributed by atoms with E-state index in [1.807, 2.05) is 32.6 Å². The van der Waals surface area contributed by atoms with Crippen LogP contribution in [-0.4, -0.2) is 32.5 Å². The monoisotopic (exact) mass is 318 g/mol. The Kier molecular flexibility index (Phi) is 4.04. The molecule has 1 fully saturated rings. The van der Waals surface area contributed by atoms with E-state index >= 15 is 0 Å². The van der Waals surface area contributed by atoms with E-state index in [4.69, 9.17) is 0 Å². The molecular weight excluding hydrogens is 296 g/mol. The van der Waals surface area contributed by atoms with Gasteiger partial charge in [0.1, 0.15) is 0 Å². The molecule has 2 aromatic rings. The molecule has 0 bridgehead atoms. The Morgan fingerprint density at radius 3 is 2.73 bits per heavy atom. The lowest BCUT2D eigenvalue weighted by molar-refractivity contribution is -0.131. The van der Waals surface area contributed by atoms with E-state index in [0.717, 1.165) is 46.4 Å². The Labute approximate surface area is 134 Å². The molecule has 1 N–H and O–H groups in total. The maximum absolute atomic E-state index is 12.8. The van der Waals surface area contributed by atoms with Gasteiger partial charge in [-0.2, -0.15) is 5.10 Å². The molecule has 1 aliphatic rings. The van der Waals surface area contributed by atoms with Crippen molar-refractivity contribution in [1.82, 2.24) is 20.1 Å². The second-order valence-electron chi connectivity index (χ2n) is 6.01. The zero-order valence-electron chi connectivity index (χ0n) is 13.6. The number of amides is 1. The first-order valence-electron chi connectivity index (χ1n) is 7.71. The normalized spacial score (nSPS) is 18.2. The second kappa shape index (κ2) is 5.83. The number of hydrogen-bond acceptors (Lipinski definition) is 4. The zero-order chi connectivity index (χ0) is 15.9. The van der Waals surface area contributed by atoms with Crippen molar-refractivity contribution < 1.29 is 4.79 Å². The molecule has 3 rings (SSSR count). The predicted molar refractivity (Wildman–Crippen MR) is 87.0 cm³/mol. The van der Waals surface area contributed by atoms with E-state index in [2.05, 4.69) is 15.2 Å². The molecule has 0 spiro atoms. The summed E-state index contributed by atoms with van der Waals surface area (Å²) in [5, 5.41) is 8.35. The highest BCUT2D eigenvalue weighted by Gasteiger charge is 2.33. The Hall–Kier alpha value is -1.69. The van der Waals surface area contributed by atoms with Crippen molar-refractivity contribution in [3.05, 3.63) is 32.5 Å².